The molecule has 0 saturated heterocycles. The standard InChI is InChI=1S/5C3H7O.Sb/c5*1-3(2)4;/h5*3H,1-2H3;/q5*-1;+5. The molecule has 0 fully saturated rings. The molecule has 0 aromatic heterocycles. The molecule has 5 nitrogen and oxygen atoms in total. The molecule has 0 amide bonds. The molecule has 0 bridgehead atoms. The first-order valence-corrected chi connectivity index (χ1v) is 13.1. The Kier molecular flexibility index (Phi) is 8.71. The van der Waals surface area contributed by atoms with Crippen molar-refractivity contribution >= 4 is 19.5 Å². The fourth-order valence-corrected chi connectivity index (χ4v) is 13.2. The third kappa shape index (κ3) is 7.62. The summed E-state index contributed by atoms with van der Waals surface area (Å²) in [5.41, 5.74) is 0. The van der Waals surface area contributed by atoms with Crippen LogP contribution in [0.25, 0.3) is 0 Å². The number of hydrogen-bond donors (Lipinski definition) is 0. The van der Waals surface area contributed by atoms with Crippen LogP contribution >= 0.6 is 0 Å². The van der Waals surface area contributed by atoms with Gasteiger partial charge in [0.25, 0.3) is 0 Å². The third-order valence-corrected chi connectivity index (χ3v) is 12.8. The van der Waals surface area contributed by atoms with Crippen LogP contribution in [0.15, 0.2) is 0 Å². The second kappa shape index (κ2) is 8.46. The topological polar surface area (TPSA) is 46.2 Å². The summed E-state index contributed by atoms with van der Waals surface area (Å²) in [5.74, 6) is 0. The molecule has 0 atom stereocenters. The first-order valence-electron chi connectivity index (χ1n) is 7.86. The van der Waals surface area contributed by atoms with E-state index in [1.165, 1.54) is 0 Å². The zero-order valence-corrected chi connectivity index (χ0v) is 17.9. The summed E-state index contributed by atoms with van der Waals surface area (Å²) in [6.45, 7) is 19.4. The first kappa shape index (κ1) is 21.6. The summed E-state index contributed by atoms with van der Waals surface area (Å²) >= 11 is -5.13. The monoisotopic (exact) mass is 416 g/mol. The van der Waals surface area contributed by atoms with Gasteiger partial charge in [-0.3, -0.25) is 0 Å². The molecular weight excluding hydrogens is 382 g/mol. The number of hydrogen-bond acceptors (Lipinski definition) is 5. The van der Waals surface area contributed by atoms with E-state index in [4.69, 9.17) is 15.1 Å². The van der Waals surface area contributed by atoms with E-state index in [0.29, 0.717) is 0 Å². The van der Waals surface area contributed by atoms with Crippen LogP contribution in [-0.4, -0.2) is 50.0 Å². The molecule has 0 radical (unpaired) electrons. The molecule has 0 aromatic carbocycles. The second-order valence-electron chi connectivity index (χ2n) is 6.52. The van der Waals surface area contributed by atoms with Crippen LogP contribution in [0, 0.1) is 0 Å². The van der Waals surface area contributed by atoms with Crippen molar-refractivity contribution in [3.63, 3.8) is 0 Å². The van der Waals surface area contributed by atoms with Gasteiger partial charge in [0.2, 0.25) is 0 Å². The molecule has 0 N–H and O–H groups in total. The van der Waals surface area contributed by atoms with Gasteiger partial charge in [-0.25, -0.2) is 0 Å². The molecule has 0 heterocycles. The Morgan fingerprint density at radius 3 is 0.619 bits per heavy atom. The van der Waals surface area contributed by atoms with Crippen LogP contribution in [0.3, 0.4) is 0 Å². The van der Waals surface area contributed by atoms with Crippen molar-refractivity contribution in [2.24, 2.45) is 0 Å². The van der Waals surface area contributed by atoms with Gasteiger partial charge < -0.3 is 0 Å². The van der Waals surface area contributed by atoms with Crippen molar-refractivity contribution in [1.82, 2.24) is 0 Å². The molecule has 0 aliphatic carbocycles. The normalized spacial score (nSPS) is 15.5. The van der Waals surface area contributed by atoms with Crippen molar-refractivity contribution < 1.29 is 15.1 Å². The van der Waals surface area contributed by atoms with Gasteiger partial charge in [0.05, 0.1) is 0 Å². The van der Waals surface area contributed by atoms with E-state index in [0.717, 1.165) is 0 Å². The first-order chi connectivity index (χ1) is 9.40. The Hall–Kier alpha value is 0.618. The molecule has 0 aromatic rings. The molecule has 0 unspecified atom stereocenters. The molecule has 130 valence electrons. The zero-order valence-electron chi connectivity index (χ0n) is 15.4. The number of rotatable bonds is 10. The van der Waals surface area contributed by atoms with E-state index in [1.54, 1.807) is 0 Å². The van der Waals surface area contributed by atoms with E-state index < -0.39 is 19.5 Å². The molecular formula is C15H35O5Sb. The summed E-state index contributed by atoms with van der Waals surface area (Å²) in [6, 6.07) is 0. The summed E-state index contributed by atoms with van der Waals surface area (Å²) in [6.07, 6.45) is -0.617. The van der Waals surface area contributed by atoms with Gasteiger partial charge in [0, 0.05) is 0 Å². The SMILES string of the molecule is CC(C)[O][Sb]([O]C(C)C)([O]C(C)C)([O]C(C)C)[O]C(C)C. The average Bonchev–Trinajstić information content (AvgIpc) is 2.07. The van der Waals surface area contributed by atoms with Crippen molar-refractivity contribution in [1.29, 1.82) is 0 Å². The van der Waals surface area contributed by atoms with E-state index in [-0.39, 0.29) is 30.5 Å². The summed E-state index contributed by atoms with van der Waals surface area (Å²) < 4.78 is 30.9. The fourth-order valence-electron chi connectivity index (χ4n) is 1.97. The van der Waals surface area contributed by atoms with Crippen LogP contribution in [0.5, 0.6) is 0 Å². The van der Waals surface area contributed by atoms with Gasteiger partial charge >= 0.3 is 134 Å². The molecule has 0 rings (SSSR count). The van der Waals surface area contributed by atoms with Crippen LogP contribution in [0.1, 0.15) is 69.2 Å². The maximum absolute atomic E-state index is 6.18. The third-order valence-electron chi connectivity index (χ3n) is 1.91. The van der Waals surface area contributed by atoms with E-state index >= 15 is 0 Å². The van der Waals surface area contributed by atoms with Crippen molar-refractivity contribution in [3.8, 4) is 0 Å². The zero-order chi connectivity index (χ0) is 16.9. The van der Waals surface area contributed by atoms with E-state index in [2.05, 4.69) is 0 Å². The molecule has 21 heavy (non-hydrogen) atoms. The van der Waals surface area contributed by atoms with Gasteiger partial charge in [-0.15, -0.1) is 0 Å². The average molecular weight is 417 g/mol. The van der Waals surface area contributed by atoms with Crippen LogP contribution < -0.4 is 0 Å². The van der Waals surface area contributed by atoms with Crippen molar-refractivity contribution in [2.45, 2.75) is 99.8 Å². The Balaban J connectivity index is 5.93. The minimum atomic E-state index is -5.13. The summed E-state index contributed by atoms with van der Waals surface area (Å²) in [7, 11) is 0. The summed E-state index contributed by atoms with van der Waals surface area (Å²) in [4.78, 5) is 0. The van der Waals surface area contributed by atoms with Gasteiger partial charge in [-0.2, -0.15) is 0 Å². The maximum atomic E-state index is 6.18. The predicted molar refractivity (Wildman–Crippen MR) is 86.9 cm³/mol. The van der Waals surface area contributed by atoms with Crippen molar-refractivity contribution in [3.05, 3.63) is 0 Å². The van der Waals surface area contributed by atoms with Crippen LogP contribution in [0.2, 0.25) is 0 Å². The molecule has 6 heteroatoms. The Morgan fingerprint density at radius 1 is 0.381 bits per heavy atom. The van der Waals surface area contributed by atoms with Gasteiger partial charge in [0.1, 0.15) is 0 Å². The molecule has 0 spiro atoms. The van der Waals surface area contributed by atoms with Crippen molar-refractivity contribution in [2.75, 3.05) is 0 Å². The second-order valence-corrected chi connectivity index (χ2v) is 13.8. The van der Waals surface area contributed by atoms with E-state index in [9.17, 15) is 0 Å². The van der Waals surface area contributed by atoms with Crippen LogP contribution in [0.4, 0.5) is 0 Å². The summed E-state index contributed by atoms with van der Waals surface area (Å²) in [5, 5.41) is 0. The fraction of sp³-hybridized carbons (Fsp3) is 1.00. The van der Waals surface area contributed by atoms with Gasteiger partial charge in [0.15, 0.2) is 0 Å². The Bertz CT molecular complexity index is 227. The Labute approximate surface area is 134 Å². The Morgan fingerprint density at radius 2 is 0.524 bits per heavy atom. The molecule has 0 aliphatic heterocycles. The quantitative estimate of drug-likeness (QED) is 0.503. The van der Waals surface area contributed by atoms with E-state index in [1.807, 2.05) is 69.2 Å². The van der Waals surface area contributed by atoms with Crippen LogP contribution in [-0.2, 0) is 15.1 Å². The minimum absolute atomic E-state index is 0.123. The molecule has 0 aliphatic rings. The molecule has 0 saturated carbocycles. The van der Waals surface area contributed by atoms with Gasteiger partial charge in [-0.1, -0.05) is 0 Å². The predicted octanol–water partition coefficient (Wildman–Crippen LogP) is 4.00. The van der Waals surface area contributed by atoms with Gasteiger partial charge in [-0.05, 0) is 0 Å².